The van der Waals surface area contributed by atoms with Crippen LogP contribution in [0, 0.1) is 0 Å². The van der Waals surface area contributed by atoms with E-state index in [-0.39, 0.29) is 105 Å². The molecule has 0 amide bonds. The van der Waals surface area contributed by atoms with Crippen LogP contribution in [0.25, 0.3) is 0 Å². The van der Waals surface area contributed by atoms with Gasteiger partial charge < -0.3 is 29.7 Å². The molecule has 0 fully saturated rings. The predicted octanol–water partition coefficient (Wildman–Crippen LogP) is 2.57. The summed E-state index contributed by atoms with van der Waals surface area (Å²) in [5, 5.41) is 40.1. The molecule has 9 rings (SSSR count). The van der Waals surface area contributed by atoms with Crippen LogP contribution in [0.4, 0.5) is 0 Å². The average molecular weight is 1070 g/mol. The van der Waals surface area contributed by atoms with Crippen LogP contribution in [-0.2, 0) is 0 Å². The molecule has 0 bridgehead atoms. The minimum absolute atomic E-state index is 0. The van der Waals surface area contributed by atoms with Gasteiger partial charge in [-0.25, -0.2) is 0 Å². The molecule has 308 valence electrons. The van der Waals surface area contributed by atoms with Gasteiger partial charge >= 0.3 is 88.7 Å². The van der Waals surface area contributed by atoms with Crippen LogP contribution in [0.3, 0.4) is 0 Å². The summed E-state index contributed by atoms with van der Waals surface area (Å²) >= 11 is 19.4. The van der Waals surface area contributed by atoms with Crippen LogP contribution in [0.1, 0.15) is 137 Å². The van der Waals surface area contributed by atoms with Gasteiger partial charge in [-0.15, -0.1) is 141 Å². The Labute approximate surface area is 475 Å². The second kappa shape index (κ2) is 17.8. The first-order valence-corrected chi connectivity index (χ1v) is 28.0. The van der Waals surface area contributed by atoms with Crippen molar-refractivity contribution in [2.45, 2.75) is 172 Å². The maximum atomic E-state index is 13.4. The van der Waals surface area contributed by atoms with E-state index in [9.17, 15) is 29.7 Å². The zero-order chi connectivity index (χ0) is 42.2. The topological polar surface area (TPSA) is 120 Å². The van der Waals surface area contributed by atoms with E-state index in [0.717, 1.165) is 46.1 Å². The van der Waals surface area contributed by atoms with Gasteiger partial charge in [0.1, 0.15) is 0 Å². The van der Waals surface area contributed by atoms with Crippen LogP contribution in [-0.4, -0.2) is 42.4 Å². The third kappa shape index (κ3) is 9.36. The fraction of sp³-hybridized carbons (Fsp3) is 0.475. The summed E-state index contributed by atoms with van der Waals surface area (Å²) in [5.74, 6) is -4.13. The van der Waals surface area contributed by atoms with Crippen molar-refractivity contribution in [1.82, 2.24) is 0 Å². The Hall–Kier alpha value is 3.27. The standard InChI is InChI=1S/C40H40O6S12.3Na/c1-35(2)47-20-14(21-27(54-36(3,4)48-21)17(32(41)42)26(20)53-35)13(15-22-28(55-37(5,6)49-22)18(33(43)44)29-23(15)50-38(7,8)56-29)16-24-30(57-39(9,10)51-24)19(34(45)46)31-25(16)52-40(11,12)58-31;;;/h13H,1-12H3,(H,41,42)(H,43,44)(H,45,46);;;/q;3*+1/p-3. The summed E-state index contributed by atoms with van der Waals surface area (Å²) in [6.07, 6.45) is 0. The van der Waals surface area contributed by atoms with E-state index in [1.165, 1.54) is 0 Å². The minimum atomic E-state index is -1.20. The molecule has 3 aromatic rings. The summed E-state index contributed by atoms with van der Waals surface area (Å²) < 4.78 is -2.44. The third-order valence-corrected chi connectivity index (χ3v) is 26.8. The average Bonchev–Trinajstić information content (AvgIpc) is 3.84. The molecular formula is C40H37Na3O6S12. The zero-order valence-corrected chi connectivity index (χ0v) is 52.2. The van der Waals surface area contributed by atoms with E-state index in [4.69, 9.17) is 0 Å². The van der Waals surface area contributed by atoms with E-state index in [2.05, 4.69) is 83.1 Å². The zero-order valence-electron chi connectivity index (χ0n) is 36.4. The predicted molar refractivity (Wildman–Crippen MR) is 248 cm³/mol. The van der Waals surface area contributed by atoms with Crippen molar-refractivity contribution < 1.29 is 118 Å². The van der Waals surface area contributed by atoms with Gasteiger partial charge in [-0.05, 0) is 99.8 Å². The molecule has 0 saturated carbocycles. The van der Waals surface area contributed by atoms with Crippen LogP contribution in [0.15, 0.2) is 58.7 Å². The first kappa shape index (κ1) is 53.6. The van der Waals surface area contributed by atoms with Gasteiger partial charge in [-0.3, -0.25) is 0 Å². The number of carbonyl (C=O) groups excluding carboxylic acids is 3. The van der Waals surface area contributed by atoms with Crippen LogP contribution >= 0.6 is 141 Å². The summed E-state index contributed by atoms with van der Waals surface area (Å²) in [7, 11) is 0. The maximum Gasteiger partial charge on any atom is 1.00 e. The normalized spacial score (nSPS) is 21.6. The minimum Gasteiger partial charge on any atom is -0.545 e. The number of carbonyl (C=O) groups is 3. The monoisotopic (exact) mass is 1070 g/mol. The Kier molecular flexibility index (Phi) is 15.7. The van der Waals surface area contributed by atoms with Gasteiger partial charge in [0, 0.05) is 81.4 Å². The van der Waals surface area contributed by atoms with E-state index >= 15 is 0 Å². The number of carboxylic acids is 3. The van der Waals surface area contributed by atoms with Crippen molar-refractivity contribution in [3.63, 3.8) is 0 Å². The van der Waals surface area contributed by atoms with Gasteiger partial charge in [-0.1, -0.05) is 0 Å². The van der Waals surface area contributed by atoms with Gasteiger partial charge in [0.15, 0.2) is 0 Å². The van der Waals surface area contributed by atoms with Crippen molar-refractivity contribution in [3.8, 4) is 0 Å². The first-order chi connectivity index (χ1) is 26.6. The smallest absolute Gasteiger partial charge is 0.545 e. The van der Waals surface area contributed by atoms with E-state index in [1.54, 1.807) is 141 Å². The Morgan fingerprint density at radius 2 is 0.443 bits per heavy atom. The van der Waals surface area contributed by atoms with Crippen molar-refractivity contribution in [3.05, 3.63) is 33.4 Å². The molecule has 0 saturated heterocycles. The number of thioether (sulfide) groups is 12. The van der Waals surface area contributed by atoms with E-state index in [0.29, 0.717) is 29.4 Å². The summed E-state index contributed by atoms with van der Waals surface area (Å²) in [5.41, 5.74) is 3.73. The van der Waals surface area contributed by atoms with Crippen LogP contribution < -0.4 is 104 Å². The molecule has 0 aromatic heterocycles. The summed E-state index contributed by atoms with van der Waals surface area (Å²) in [4.78, 5) is 49.7. The maximum absolute atomic E-state index is 13.4. The number of fused-ring (bicyclic) bond motifs is 6. The number of benzene rings is 3. The Morgan fingerprint density at radius 3 is 0.574 bits per heavy atom. The summed E-state index contributed by atoms with van der Waals surface area (Å²) in [6.45, 7) is 25.5. The molecule has 0 atom stereocenters. The van der Waals surface area contributed by atoms with Crippen molar-refractivity contribution in [2.24, 2.45) is 0 Å². The molecule has 21 heteroatoms. The molecule has 6 heterocycles. The van der Waals surface area contributed by atoms with Gasteiger partial charge in [-0.2, -0.15) is 0 Å². The van der Waals surface area contributed by atoms with Crippen LogP contribution in [0.2, 0.25) is 0 Å². The number of aromatic carboxylic acids is 3. The molecule has 0 spiro atoms. The Morgan fingerprint density at radius 1 is 0.311 bits per heavy atom. The van der Waals surface area contributed by atoms with E-state index < -0.39 is 48.3 Å². The molecule has 6 nitrogen and oxygen atoms in total. The van der Waals surface area contributed by atoms with Crippen molar-refractivity contribution in [1.29, 1.82) is 0 Å². The van der Waals surface area contributed by atoms with Gasteiger partial charge in [0.2, 0.25) is 0 Å². The molecule has 0 unspecified atom stereocenters. The first-order valence-electron chi connectivity index (χ1n) is 18.2. The van der Waals surface area contributed by atoms with Crippen molar-refractivity contribution in [2.75, 3.05) is 0 Å². The summed E-state index contributed by atoms with van der Waals surface area (Å²) in [6, 6.07) is 0. The van der Waals surface area contributed by atoms with Gasteiger partial charge in [0.05, 0.1) is 42.4 Å². The fourth-order valence-corrected chi connectivity index (χ4v) is 26.0. The molecule has 0 radical (unpaired) electrons. The molecule has 6 aliphatic heterocycles. The second-order valence-corrected chi connectivity index (χ2v) is 38.4. The Bertz CT molecular complexity index is 2100. The molecular weight excluding hydrogens is 1030 g/mol. The molecule has 61 heavy (non-hydrogen) atoms. The number of hydrogen-bond donors (Lipinski definition) is 0. The van der Waals surface area contributed by atoms with E-state index in [1.807, 2.05) is 0 Å². The molecule has 3 aromatic carbocycles. The Balaban J connectivity index is 0.00000207. The molecule has 0 aliphatic carbocycles. The molecule has 0 N–H and O–H groups in total. The quantitative estimate of drug-likeness (QED) is 0.266. The fourth-order valence-electron chi connectivity index (χ4n) is 8.08. The largest absolute Gasteiger partial charge is 1.00 e. The number of carboxylic acid groups (broad SMARTS) is 3. The third-order valence-electron chi connectivity index (χ3n) is 9.72. The number of rotatable bonds is 6. The molecule has 6 aliphatic rings. The SMILES string of the molecule is CC1(C)Sc2c(c(C(c3c4c(c(C(=O)[O-])c5c3SC(C)(C)S5)SC(C)(C)S4)c3c4c(c(C(=O)[O-])c5c3SC(C)(C)S5)SC(C)(C)S4)c3c(c2C(=O)[O-])SC(C)(C)S3)S1.[Na+].[Na+].[Na+]. The van der Waals surface area contributed by atoms with Crippen molar-refractivity contribution >= 4 is 159 Å². The van der Waals surface area contributed by atoms with Crippen LogP contribution in [0.5, 0.6) is 0 Å². The number of hydrogen-bond acceptors (Lipinski definition) is 18. The second-order valence-electron chi connectivity index (χ2n) is 17.2. The van der Waals surface area contributed by atoms with Gasteiger partial charge in [0.25, 0.3) is 0 Å².